The minimum absolute atomic E-state index is 0.00311. The normalized spacial score (nSPS) is 21.0. The second-order valence-corrected chi connectivity index (χ2v) is 9.90. The van der Waals surface area contributed by atoms with Crippen molar-refractivity contribution < 1.29 is 8.78 Å². The maximum absolute atomic E-state index is 13.7. The van der Waals surface area contributed by atoms with E-state index in [0.29, 0.717) is 11.5 Å². The highest BCUT2D eigenvalue weighted by molar-refractivity contribution is 7.80. The highest BCUT2D eigenvalue weighted by Gasteiger charge is 2.48. The van der Waals surface area contributed by atoms with Gasteiger partial charge in [-0.15, -0.1) is 0 Å². The van der Waals surface area contributed by atoms with E-state index in [-0.39, 0.29) is 17.6 Å². The van der Waals surface area contributed by atoms with Gasteiger partial charge in [0.15, 0.2) is 5.82 Å². The topological polar surface area (TPSA) is 48.7 Å². The molecule has 1 aromatic heterocycles. The number of alkyl halides is 2. The molecule has 35 heavy (non-hydrogen) atoms. The van der Waals surface area contributed by atoms with Crippen molar-refractivity contribution in [1.82, 2.24) is 14.7 Å². The largest absolute Gasteiger partial charge is 0.340 e. The van der Waals surface area contributed by atoms with Crippen LogP contribution in [0.5, 0.6) is 0 Å². The summed E-state index contributed by atoms with van der Waals surface area (Å²) in [5.41, 5.74) is 2.66. The maximum Gasteiger partial charge on any atom is 0.270 e. The summed E-state index contributed by atoms with van der Waals surface area (Å²) in [6, 6.07) is 16.9. The molecular weight excluding hydrogens is 466 g/mol. The second-order valence-electron chi connectivity index (χ2n) is 9.51. The van der Waals surface area contributed by atoms with Crippen LogP contribution in [0.4, 0.5) is 26.1 Å². The van der Waals surface area contributed by atoms with Gasteiger partial charge in [-0.25, -0.2) is 18.5 Å². The highest BCUT2D eigenvalue weighted by Crippen LogP contribution is 2.43. The zero-order valence-electron chi connectivity index (χ0n) is 19.6. The number of hydrogen-bond donors (Lipinski definition) is 1. The lowest BCUT2D eigenvalue weighted by molar-refractivity contribution is 0.0174. The Kier molecular flexibility index (Phi) is 5.14. The lowest BCUT2D eigenvalue weighted by atomic mass is 10.1. The quantitative estimate of drug-likeness (QED) is 0.477. The standard InChI is InChI=1S/C26H26F2N6S/c1-26(27,28)17-13-11-16(12-14-17)15-33-22(29-18-7-4-3-5-8-18)21-23(31-33)34-20-10-6-9-19(20)30-25(34)32(2)24(21)35/h3-5,7-8,11-14,19-20,29H,6,9-10,15H2,1-2H3/t19-,20+/m0/s1. The SMILES string of the molecule is CN1C(=S)c2c(nn(Cc3ccc(C(C)(F)F)cc3)c2Nc2ccccc2)N2C1=N[C@H]1CCC[C@H]12. The first kappa shape index (κ1) is 22.2. The fraction of sp³-hybridized carbons (Fsp3) is 0.346. The molecule has 6 rings (SSSR count). The number of rotatable bonds is 5. The van der Waals surface area contributed by atoms with Crippen molar-refractivity contribution in [2.24, 2.45) is 4.99 Å². The number of nitrogens with zero attached hydrogens (tertiary/aromatic N) is 5. The summed E-state index contributed by atoms with van der Waals surface area (Å²) in [5.74, 6) is -0.406. The maximum atomic E-state index is 13.7. The Morgan fingerprint density at radius 2 is 1.83 bits per heavy atom. The Hall–Kier alpha value is -3.33. The summed E-state index contributed by atoms with van der Waals surface area (Å²) in [6.07, 6.45) is 3.29. The molecule has 1 saturated carbocycles. The molecule has 1 aliphatic carbocycles. The van der Waals surface area contributed by atoms with Crippen LogP contribution in [0.15, 0.2) is 59.6 Å². The third kappa shape index (κ3) is 3.69. The molecule has 1 fully saturated rings. The van der Waals surface area contributed by atoms with Crippen molar-refractivity contribution in [3.05, 3.63) is 71.3 Å². The third-order valence-electron chi connectivity index (χ3n) is 7.08. The van der Waals surface area contributed by atoms with Gasteiger partial charge in [-0.05, 0) is 37.0 Å². The van der Waals surface area contributed by atoms with Crippen LogP contribution >= 0.6 is 12.2 Å². The summed E-state index contributed by atoms with van der Waals surface area (Å²) < 4.78 is 29.3. The smallest absolute Gasteiger partial charge is 0.270 e. The summed E-state index contributed by atoms with van der Waals surface area (Å²) in [4.78, 5) is 9.88. The molecule has 6 nitrogen and oxygen atoms in total. The van der Waals surface area contributed by atoms with Crippen molar-refractivity contribution in [3.8, 4) is 0 Å². The Balaban J connectivity index is 1.45. The molecule has 0 amide bonds. The molecule has 0 unspecified atom stereocenters. The number of anilines is 3. The van der Waals surface area contributed by atoms with Gasteiger partial charge >= 0.3 is 0 Å². The summed E-state index contributed by atoms with van der Waals surface area (Å²) >= 11 is 5.92. The van der Waals surface area contributed by atoms with Gasteiger partial charge in [0, 0.05) is 25.2 Å². The number of thiocarbonyl (C=S) groups is 1. The summed E-state index contributed by atoms with van der Waals surface area (Å²) in [7, 11) is 1.96. The lowest BCUT2D eigenvalue weighted by Gasteiger charge is -2.35. The van der Waals surface area contributed by atoms with E-state index < -0.39 is 5.92 Å². The van der Waals surface area contributed by atoms with Gasteiger partial charge in [-0.3, -0.25) is 4.90 Å². The fourth-order valence-corrected chi connectivity index (χ4v) is 5.55. The zero-order valence-corrected chi connectivity index (χ0v) is 20.4. The second kappa shape index (κ2) is 8.12. The number of nitrogens with one attached hydrogen (secondary N) is 1. The van der Waals surface area contributed by atoms with Crippen molar-refractivity contribution >= 4 is 40.5 Å². The van der Waals surface area contributed by atoms with Crippen molar-refractivity contribution in [1.29, 1.82) is 0 Å². The molecule has 2 aromatic carbocycles. The average molecular weight is 493 g/mol. The lowest BCUT2D eigenvalue weighted by Crippen LogP contribution is -2.51. The summed E-state index contributed by atoms with van der Waals surface area (Å²) in [6.45, 7) is 1.33. The number of benzene rings is 2. The number of hydrogen-bond acceptors (Lipinski definition) is 5. The van der Waals surface area contributed by atoms with Gasteiger partial charge in [-0.2, -0.15) is 5.10 Å². The number of fused-ring (bicyclic) bond motifs is 5. The van der Waals surface area contributed by atoms with E-state index in [1.54, 1.807) is 12.1 Å². The van der Waals surface area contributed by atoms with Crippen LogP contribution in [0, 0.1) is 0 Å². The molecule has 3 heterocycles. The monoisotopic (exact) mass is 492 g/mol. The average Bonchev–Trinajstić information content (AvgIpc) is 3.52. The highest BCUT2D eigenvalue weighted by atomic mass is 32.1. The van der Waals surface area contributed by atoms with Crippen LogP contribution in [0.25, 0.3) is 0 Å². The first-order chi connectivity index (χ1) is 16.8. The molecule has 3 aromatic rings. The van der Waals surface area contributed by atoms with Gasteiger partial charge in [0.25, 0.3) is 5.92 Å². The first-order valence-corrected chi connectivity index (χ1v) is 12.3. The van der Waals surface area contributed by atoms with Crippen molar-refractivity contribution in [2.45, 2.75) is 50.7 Å². The van der Waals surface area contributed by atoms with Crippen LogP contribution in [-0.2, 0) is 12.5 Å². The number of aliphatic imine (C=N–C) groups is 1. The Morgan fingerprint density at radius 3 is 2.54 bits per heavy atom. The van der Waals surface area contributed by atoms with Crippen LogP contribution in [-0.4, -0.2) is 44.8 Å². The number of aromatic nitrogens is 2. The van der Waals surface area contributed by atoms with Gasteiger partial charge in [-0.1, -0.05) is 54.7 Å². The van der Waals surface area contributed by atoms with E-state index in [1.807, 2.05) is 47.0 Å². The molecule has 180 valence electrons. The first-order valence-electron chi connectivity index (χ1n) is 11.9. The van der Waals surface area contributed by atoms with E-state index in [0.717, 1.165) is 60.6 Å². The van der Waals surface area contributed by atoms with E-state index in [2.05, 4.69) is 10.2 Å². The zero-order chi connectivity index (χ0) is 24.3. The fourth-order valence-electron chi connectivity index (χ4n) is 5.28. The van der Waals surface area contributed by atoms with Gasteiger partial charge in [0.2, 0.25) is 5.96 Å². The predicted octanol–water partition coefficient (Wildman–Crippen LogP) is 5.50. The molecule has 2 aliphatic heterocycles. The van der Waals surface area contributed by atoms with E-state index in [9.17, 15) is 8.78 Å². The molecule has 3 aliphatic rings. The predicted molar refractivity (Wildman–Crippen MR) is 138 cm³/mol. The third-order valence-corrected chi connectivity index (χ3v) is 7.56. The Bertz CT molecular complexity index is 1310. The number of guanidine groups is 1. The van der Waals surface area contributed by atoms with Crippen LogP contribution in [0.2, 0.25) is 0 Å². The van der Waals surface area contributed by atoms with Gasteiger partial charge in [0.1, 0.15) is 10.8 Å². The molecular formula is C26H26F2N6S. The molecule has 0 spiro atoms. The van der Waals surface area contributed by atoms with Crippen LogP contribution < -0.4 is 10.2 Å². The molecule has 2 atom stereocenters. The van der Waals surface area contributed by atoms with E-state index in [1.165, 1.54) is 12.1 Å². The van der Waals surface area contributed by atoms with Crippen molar-refractivity contribution in [2.75, 3.05) is 17.3 Å². The van der Waals surface area contributed by atoms with E-state index >= 15 is 0 Å². The Morgan fingerprint density at radius 1 is 1.09 bits per heavy atom. The minimum atomic E-state index is -2.87. The van der Waals surface area contributed by atoms with E-state index in [4.69, 9.17) is 22.3 Å². The number of para-hydroxylation sites is 1. The number of halogens is 2. The minimum Gasteiger partial charge on any atom is -0.340 e. The molecule has 9 heteroatoms. The Labute approximate surface area is 208 Å². The molecule has 0 saturated heterocycles. The summed E-state index contributed by atoms with van der Waals surface area (Å²) in [5, 5.41) is 8.57. The van der Waals surface area contributed by atoms with Crippen LogP contribution in [0.3, 0.4) is 0 Å². The van der Waals surface area contributed by atoms with Crippen molar-refractivity contribution in [3.63, 3.8) is 0 Å². The van der Waals surface area contributed by atoms with Gasteiger partial charge in [0.05, 0.1) is 24.2 Å². The van der Waals surface area contributed by atoms with Crippen LogP contribution in [0.1, 0.15) is 42.9 Å². The molecule has 1 N–H and O–H groups in total. The molecule has 0 radical (unpaired) electrons. The molecule has 0 bridgehead atoms. The van der Waals surface area contributed by atoms with Gasteiger partial charge < -0.3 is 10.2 Å².